The van der Waals surface area contributed by atoms with Gasteiger partial charge in [-0.2, -0.15) is 0 Å². The maximum Gasteiger partial charge on any atom is 0.0507 e. The average molecular weight is 185 g/mol. The summed E-state index contributed by atoms with van der Waals surface area (Å²) in [6.45, 7) is 9.88. The van der Waals surface area contributed by atoms with E-state index in [0.29, 0.717) is 6.04 Å². The van der Waals surface area contributed by atoms with Crippen LogP contribution in [-0.4, -0.2) is 25.8 Å². The Bertz CT molecular complexity index is 130. The quantitative estimate of drug-likeness (QED) is 0.708. The van der Waals surface area contributed by atoms with Gasteiger partial charge < -0.3 is 10.1 Å². The van der Waals surface area contributed by atoms with Gasteiger partial charge in [0.2, 0.25) is 0 Å². The molecule has 1 aliphatic heterocycles. The Labute approximate surface area is 82.0 Å². The van der Waals surface area contributed by atoms with Crippen LogP contribution >= 0.6 is 0 Å². The lowest BCUT2D eigenvalue weighted by Gasteiger charge is -2.17. The van der Waals surface area contributed by atoms with Gasteiger partial charge in [-0.1, -0.05) is 13.8 Å². The second-order valence-corrected chi connectivity index (χ2v) is 4.67. The van der Waals surface area contributed by atoms with Crippen molar-refractivity contribution in [1.82, 2.24) is 5.32 Å². The molecule has 1 saturated heterocycles. The van der Waals surface area contributed by atoms with Crippen molar-refractivity contribution in [2.24, 2.45) is 11.8 Å². The molecule has 0 aromatic rings. The summed E-state index contributed by atoms with van der Waals surface area (Å²) in [5.41, 5.74) is 0. The molecule has 1 fully saturated rings. The van der Waals surface area contributed by atoms with Gasteiger partial charge in [0, 0.05) is 19.2 Å². The molecule has 0 aromatic carbocycles. The van der Waals surface area contributed by atoms with Crippen molar-refractivity contribution < 1.29 is 4.74 Å². The summed E-state index contributed by atoms with van der Waals surface area (Å²) in [6.07, 6.45) is 2.51. The maximum absolute atomic E-state index is 5.33. The van der Waals surface area contributed by atoms with Gasteiger partial charge in [0.25, 0.3) is 0 Å². The largest absolute Gasteiger partial charge is 0.381 e. The minimum absolute atomic E-state index is 0.653. The highest BCUT2D eigenvalue weighted by molar-refractivity contribution is 4.70. The molecule has 1 rings (SSSR count). The molecule has 2 unspecified atom stereocenters. The Morgan fingerprint density at radius 3 is 2.69 bits per heavy atom. The molecule has 2 heteroatoms. The topological polar surface area (TPSA) is 21.3 Å². The minimum Gasteiger partial charge on any atom is -0.381 e. The van der Waals surface area contributed by atoms with Crippen LogP contribution in [0.5, 0.6) is 0 Å². The third-order valence-electron chi connectivity index (χ3n) is 2.60. The Morgan fingerprint density at radius 1 is 1.38 bits per heavy atom. The summed E-state index contributed by atoms with van der Waals surface area (Å²) in [4.78, 5) is 0. The van der Waals surface area contributed by atoms with Gasteiger partial charge in [0.1, 0.15) is 0 Å². The summed E-state index contributed by atoms with van der Waals surface area (Å²) in [7, 11) is 0. The highest BCUT2D eigenvalue weighted by Gasteiger charge is 2.16. The molecule has 2 atom stereocenters. The average Bonchev–Trinajstić information content (AvgIpc) is 2.51. The zero-order valence-corrected chi connectivity index (χ0v) is 9.18. The van der Waals surface area contributed by atoms with E-state index < -0.39 is 0 Å². The third-order valence-corrected chi connectivity index (χ3v) is 2.60. The lowest BCUT2D eigenvalue weighted by atomic mass is 10.0. The van der Waals surface area contributed by atoms with Gasteiger partial charge in [-0.3, -0.25) is 0 Å². The fourth-order valence-electron chi connectivity index (χ4n) is 1.90. The summed E-state index contributed by atoms with van der Waals surface area (Å²) in [5, 5.41) is 3.58. The molecule has 0 radical (unpaired) electrons. The zero-order valence-electron chi connectivity index (χ0n) is 9.18. The van der Waals surface area contributed by atoms with E-state index in [2.05, 4.69) is 26.1 Å². The zero-order chi connectivity index (χ0) is 9.68. The second-order valence-electron chi connectivity index (χ2n) is 4.67. The van der Waals surface area contributed by atoms with Gasteiger partial charge in [-0.15, -0.1) is 0 Å². The van der Waals surface area contributed by atoms with Crippen LogP contribution in [0.25, 0.3) is 0 Å². The van der Waals surface area contributed by atoms with E-state index in [1.807, 2.05) is 0 Å². The molecule has 0 spiro atoms. The molecular formula is C11H23NO. The fraction of sp³-hybridized carbons (Fsp3) is 1.00. The van der Waals surface area contributed by atoms with Crippen molar-refractivity contribution in [2.75, 3.05) is 19.8 Å². The lowest BCUT2D eigenvalue weighted by Crippen LogP contribution is -2.32. The molecule has 1 heterocycles. The summed E-state index contributed by atoms with van der Waals surface area (Å²) in [5.74, 6) is 1.55. The van der Waals surface area contributed by atoms with E-state index in [0.717, 1.165) is 31.6 Å². The Balaban J connectivity index is 2.03. The second kappa shape index (κ2) is 5.61. The van der Waals surface area contributed by atoms with Crippen LogP contribution in [0, 0.1) is 11.8 Å². The van der Waals surface area contributed by atoms with Gasteiger partial charge in [-0.05, 0) is 31.6 Å². The monoisotopic (exact) mass is 185 g/mol. The molecule has 13 heavy (non-hydrogen) atoms. The molecule has 0 saturated carbocycles. The lowest BCUT2D eigenvalue weighted by molar-refractivity contribution is 0.184. The van der Waals surface area contributed by atoms with Crippen molar-refractivity contribution in [1.29, 1.82) is 0 Å². The first-order valence-electron chi connectivity index (χ1n) is 5.49. The van der Waals surface area contributed by atoms with Crippen molar-refractivity contribution in [3.8, 4) is 0 Å². The molecule has 78 valence electrons. The molecule has 1 aliphatic rings. The van der Waals surface area contributed by atoms with Crippen molar-refractivity contribution in [2.45, 2.75) is 39.7 Å². The molecule has 0 aliphatic carbocycles. The minimum atomic E-state index is 0.653. The highest BCUT2D eigenvalue weighted by atomic mass is 16.5. The van der Waals surface area contributed by atoms with Crippen molar-refractivity contribution in [3.05, 3.63) is 0 Å². The van der Waals surface area contributed by atoms with Crippen LogP contribution in [0.1, 0.15) is 33.6 Å². The maximum atomic E-state index is 5.33. The third kappa shape index (κ3) is 4.63. The van der Waals surface area contributed by atoms with E-state index >= 15 is 0 Å². The van der Waals surface area contributed by atoms with Crippen LogP contribution < -0.4 is 5.32 Å². The van der Waals surface area contributed by atoms with Gasteiger partial charge in [0.15, 0.2) is 0 Å². The first-order chi connectivity index (χ1) is 6.18. The van der Waals surface area contributed by atoms with Crippen LogP contribution in [0.2, 0.25) is 0 Å². The van der Waals surface area contributed by atoms with Crippen LogP contribution in [0.15, 0.2) is 0 Å². The summed E-state index contributed by atoms with van der Waals surface area (Å²) < 4.78 is 5.33. The normalized spacial score (nSPS) is 25.4. The number of hydrogen-bond acceptors (Lipinski definition) is 2. The Morgan fingerprint density at radius 2 is 2.15 bits per heavy atom. The molecule has 0 aromatic heterocycles. The van der Waals surface area contributed by atoms with Crippen LogP contribution in [0.4, 0.5) is 0 Å². The predicted molar refractivity (Wildman–Crippen MR) is 55.8 cm³/mol. The summed E-state index contributed by atoms with van der Waals surface area (Å²) in [6, 6.07) is 0.653. The van der Waals surface area contributed by atoms with Gasteiger partial charge in [0.05, 0.1) is 6.61 Å². The Hall–Kier alpha value is -0.0800. The number of rotatable bonds is 5. The molecule has 0 bridgehead atoms. The molecular weight excluding hydrogens is 162 g/mol. The predicted octanol–water partition coefficient (Wildman–Crippen LogP) is 2.05. The van der Waals surface area contributed by atoms with Crippen molar-refractivity contribution >= 4 is 0 Å². The smallest absolute Gasteiger partial charge is 0.0507 e. The van der Waals surface area contributed by atoms with Crippen LogP contribution in [-0.2, 0) is 4.74 Å². The van der Waals surface area contributed by atoms with Crippen molar-refractivity contribution in [3.63, 3.8) is 0 Å². The number of ether oxygens (including phenoxy) is 1. The summed E-state index contributed by atoms with van der Waals surface area (Å²) >= 11 is 0. The molecule has 1 N–H and O–H groups in total. The van der Waals surface area contributed by atoms with E-state index in [4.69, 9.17) is 4.74 Å². The molecule has 2 nitrogen and oxygen atoms in total. The highest BCUT2D eigenvalue weighted by Crippen LogP contribution is 2.11. The van der Waals surface area contributed by atoms with Gasteiger partial charge >= 0.3 is 0 Å². The van der Waals surface area contributed by atoms with Crippen LogP contribution in [0.3, 0.4) is 0 Å². The first kappa shape index (κ1) is 11.0. The van der Waals surface area contributed by atoms with E-state index in [-0.39, 0.29) is 0 Å². The Kier molecular flexibility index (Phi) is 4.74. The standard InChI is InChI=1S/C11H23NO/c1-9(2)6-10(3)12-7-11-4-5-13-8-11/h9-12H,4-8H2,1-3H3. The van der Waals surface area contributed by atoms with E-state index in [1.54, 1.807) is 0 Å². The first-order valence-corrected chi connectivity index (χ1v) is 5.49. The number of nitrogens with one attached hydrogen (secondary N) is 1. The number of hydrogen-bond donors (Lipinski definition) is 1. The van der Waals surface area contributed by atoms with E-state index in [9.17, 15) is 0 Å². The molecule has 0 amide bonds. The fourth-order valence-corrected chi connectivity index (χ4v) is 1.90. The van der Waals surface area contributed by atoms with Gasteiger partial charge in [-0.25, -0.2) is 0 Å². The SMILES string of the molecule is CC(C)CC(C)NCC1CCOC1. The van der Waals surface area contributed by atoms with E-state index in [1.165, 1.54) is 12.8 Å².